The number of aryl methyl sites for hydroxylation is 2. The van der Waals surface area contributed by atoms with Gasteiger partial charge in [-0.3, -0.25) is 4.79 Å². The predicted octanol–water partition coefficient (Wildman–Crippen LogP) is 4.51. The fraction of sp³-hybridized carbons (Fsp3) is 0.176. The van der Waals surface area contributed by atoms with Crippen molar-refractivity contribution < 1.29 is 4.79 Å². The molecule has 0 saturated heterocycles. The zero-order valence-electron chi connectivity index (χ0n) is 12.3. The van der Waals surface area contributed by atoms with Gasteiger partial charge in [0.25, 0.3) is 0 Å². The molecule has 0 aliphatic rings. The molecule has 0 radical (unpaired) electrons. The number of ketones is 1. The van der Waals surface area contributed by atoms with Crippen LogP contribution in [0.1, 0.15) is 15.9 Å². The number of hydrogen-bond donors (Lipinski definition) is 0. The van der Waals surface area contributed by atoms with Crippen LogP contribution in [-0.4, -0.2) is 21.1 Å². The van der Waals surface area contributed by atoms with E-state index in [1.165, 1.54) is 11.8 Å². The molecule has 0 unspecified atom stereocenters. The Labute approximate surface area is 138 Å². The highest BCUT2D eigenvalue weighted by molar-refractivity contribution is 7.99. The van der Waals surface area contributed by atoms with Crippen LogP contribution in [0, 0.1) is 6.92 Å². The molecule has 0 N–H and O–H groups in total. The molecular formula is C17H15ClN2OS. The summed E-state index contributed by atoms with van der Waals surface area (Å²) in [6, 6.07) is 13.3. The van der Waals surface area contributed by atoms with Crippen molar-refractivity contribution in [3.05, 3.63) is 58.6 Å². The lowest BCUT2D eigenvalue weighted by Crippen LogP contribution is -2.03. The molecule has 0 saturated carbocycles. The van der Waals surface area contributed by atoms with Crippen molar-refractivity contribution in [2.75, 3.05) is 5.75 Å². The van der Waals surface area contributed by atoms with Gasteiger partial charge >= 0.3 is 0 Å². The molecule has 0 fully saturated rings. The fourth-order valence-electron chi connectivity index (χ4n) is 2.23. The average molecular weight is 331 g/mol. The fourth-order valence-corrected chi connectivity index (χ4v) is 3.28. The van der Waals surface area contributed by atoms with Crippen LogP contribution in [0.2, 0.25) is 5.02 Å². The van der Waals surface area contributed by atoms with Gasteiger partial charge in [-0.25, -0.2) is 4.98 Å². The summed E-state index contributed by atoms with van der Waals surface area (Å²) in [4.78, 5) is 16.8. The highest BCUT2D eigenvalue weighted by Crippen LogP contribution is 2.25. The molecule has 0 bridgehead atoms. The molecule has 112 valence electrons. The van der Waals surface area contributed by atoms with E-state index in [1.54, 1.807) is 0 Å². The number of hydrogen-bond acceptors (Lipinski definition) is 3. The summed E-state index contributed by atoms with van der Waals surface area (Å²) in [7, 11) is 1.95. The summed E-state index contributed by atoms with van der Waals surface area (Å²) in [6.45, 7) is 2.01. The highest BCUT2D eigenvalue weighted by Gasteiger charge is 2.12. The van der Waals surface area contributed by atoms with E-state index in [-0.39, 0.29) is 5.78 Å². The first kappa shape index (κ1) is 15.1. The maximum atomic E-state index is 12.2. The molecule has 5 heteroatoms. The van der Waals surface area contributed by atoms with Crippen molar-refractivity contribution in [2.45, 2.75) is 12.1 Å². The minimum atomic E-state index is 0.107. The number of carbonyl (C=O) groups excluding carboxylic acids is 1. The zero-order chi connectivity index (χ0) is 15.7. The number of rotatable bonds is 4. The Morgan fingerprint density at radius 1 is 1.23 bits per heavy atom. The molecule has 0 amide bonds. The van der Waals surface area contributed by atoms with E-state index in [0.29, 0.717) is 10.8 Å². The van der Waals surface area contributed by atoms with Crippen LogP contribution in [-0.2, 0) is 7.05 Å². The molecule has 0 aliphatic carbocycles. The molecule has 1 heterocycles. The third-order valence-corrected chi connectivity index (χ3v) is 4.77. The van der Waals surface area contributed by atoms with Gasteiger partial charge in [0.1, 0.15) is 0 Å². The van der Waals surface area contributed by atoms with E-state index >= 15 is 0 Å². The standard InChI is InChI=1S/C17H15ClN2OS/c1-11-3-5-12(6-4-11)16(21)10-22-17-19-14-9-13(18)7-8-15(14)20(17)2/h3-9H,10H2,1-2H3. The van der Waals surface area contributed by atoms with Gasteiger partial charge in [-0.1, -0.05) is 53.2 Å². The summed E-state index contributed by atoms with van der Waals surface area (Å²) < 4.78 is 1.98. The first-order valence-corrected chi connectivity index (χ1v) is 8.25. The predicted molar refractivity (Wildman–Crippen MR) is 92.0 cm³/mol. The van der Waals surface area contributed by atoms with Gasteiger partial charge in [-0.05, 0) is 25.1 Å². The Morgan fingerprint density at radius 2 is 1.95 bits per heavy atom. The first-order chi connectivity index (χ1) is 10.5. The molecule has 2 aromatic carbocycles. The monoisotopic (exact) mass is 330 g/mol. The van der Waals surface area contributed by atoms with E-state index in [9.17, 15) is 4.79 Å². The van der Waals surface area contributed by atoms with Gasteiger partial charge in [-0.15, -0.1) is 0 Å². The molecular weight excluding hydrogens is 316 g/mol. The van der Waals surface area contributed by atoms with Crippen LogP contribution in [0.15, 0.2) is 47.6 Å². The van der Waals surface area contributed by atoms with Crippen molar-refractivity contribution in [1.82, 2.24) is 9.55 Å². The van der Waals surface area contributed by atoms with Crippen molar-refractivity contribution in [1.29, 1.82) is 0 Å². The number of Topliss-reactive ketones (excluding diaryl/α,β-unsaturated/α-hetero) is 1. The van der Waals surface area contributed by atoms with Gasteiger partial charge in [0.15, 0.2) is 10.9 Å². The van der Waals surface area contributed by atoms with Crippen molar-refractivity contribution >= 4 is 40.2 Å². The van der Waals surface area contributed by atoms with Crippen LogP contribution in [0.25, 0.3) is 11.0 Å². The SMILES string of the molecule is Cc1ccc(C(=O)CSc2nc3cc(Cl)ccc3n2C)cc1. The third kappa shape index (κ3) is 3.03. The maximum absolute atomic E-state index is 12.2. The van der Waals surface area contributed by atoms with Crippen LogP contribution in [0.5, 0.6) is 0 Å². The number of nitrogens with zero attached hydrogens (tertiary/aromatic N) is 2. The summed E-state index contributed by atoms with van der Waals surface area (Å²) in [6.07, 6.45) is 0. The third-order valence-electron chi connectivity index (χ3n) is 3.51. The molecule has 3 aromatic rings. The molecule has 0 aliphatic heterocycles. The first-order valence-electron chi connectivity index (χ1n) is 6.89. The molecule has 22 heavy (non-hydrogen) atoms. The lowest BCUT2D eigenvalue weighted by atomic mass is 10.1. The van der Waals surface area contributed by atoms with Crippen LogP contribution in [0.3, 0.4) is 0 Å². The Hall–Kier alpha value is -1.78. The van der Waals surface area contributed by atoms with Crippen molar-refractivity contribution in [3.63, 3.8) is 0 Å². The second-order valence-corrected chi connectivity index (χ2v) is 6.54. The zero-order valence-corrected chi connectivity index (χ0v) is 13.9. The van der Waals surface area contributed by atoms with E-state index in [4.69, 9.17) is 11.6 Å². The van der Waals surface area contributed by atoms with Crippen LogP contribution >= 0.6 is 23.4 Å². The van der Waals surface area contributed by atoms with E-state index in [1.807, 2.05) is 61.0 Å². The van der Waals surface area contributed by atoms with Crippen LogP contribution in [0.4, 0.5) is 0 Å². The number of benzene rings is 2. The Bertz CT molecular complexity index is 840. The lowest BCUT2D eigenvalue weighted by molar-refractivity contribution is 0.102. The van der Waals surface area contributed by atoms with Crippen LogP contribution < -0.4 is 0 Å². The smallest absolute Gasteiger partial charge is 0.173 e. The molecule has 0 atom stereocenters. The second kappa shape index (κ2) is 6.15. The topological polar surface area (TPSA) is 34.9 Å². The van der Waals surface area contributed by atoms with Gasteiger partial charge in [0.05, 0.1) is 16.8 Å². The number of fused-ring (bicyclic) bond motifs is 1. The van der Waals surface area contributed by atoms with E-state index < -0.39 is 0 Å². The minimum Gasteiger partial charge on any atom is -0.322 e. The molecule has 3 nitrogen and oxygen atoms in total. The second-order valence-electron chi connectivity index (χ2n) is 5.16. The lowest BCUT2D eigenvalue weighted by Gasteiger charge is -2.03. The summed E-state index contributed by atoms with van der Waals surface area (Å²) in [5, 5.41) is 1.48. The van der Waals surface area contributed by atoms with Gasteiger partial charge < -0.3 is 4.57 Å². The van der Waals surface area contributed by atoms with Gasteiger partial charge in [-0.2, -0.15) is 0 Å². The Balaban J connectivity index is 1.77. The Morgan fingerprint density at radius 3 is 2.68 bits per heavy atom. The largest absolute Gasteiger partial charge is 0.322 e. The van der Waals surface area contributed by atoms with Crippen molar-refractivity contribution in [3.8, 4) is 0 Å². The maximum Gasteiger partial charge on any atom is 0.173 e. The quantitative estimate of drug-likeness (QED) is 0.521. The number of halogens is 1. The van der Waals surface area contributed by atoms with Gasteiger partial charge in [0, 0.05) is 17.6 Å². The average Bonchev–Trinajstić information content (AvgIpc) is 2.81. The number of thioether (sulfide) groups is 1. The van der Waals surface area contributed by atoms with E-state index in [0.717, 1.165) is 27.3 Å². The van der Waals surface area contributed by atoms with E-state index in [2.05, 4.69) is 4.98 Å². The van der Waals surface area contributed by atoms with Crippen molar-refractivity contribution in [2.24, 2.45) is 7.05 Å². The molecule has 3 rings (SSSR count). The molecule has 0 spiro atoms. The number of carbonyl (C=O) groups is 1. The molecule has 1 aromatic heterocycles. The summed E-state index contributed by atoms with van der Waals surface area (Å²) >= 11 is 7.44. The normalized spacial score (nSPS) is 11.0. The number of aromatic nitrogens is 2. The minimum absolute atomic E-state index is 0.107. The summed E-state index contributed by atoms with van der Waals surface area (Å²) in [5.74, 6) is 0.476. The highest BCUT2D eigenvalue weighted by atomic mass is 35.5. The number of imidazole rings is 1. The Kier molecular flexibility index (Phi) is 4.23. The summed E-state index contributed by atoms with van der Waals surface area (Å²) in [5.41, 5.74) is 3.74. The van der Waals surface area contributed by atoms with Gasteiger partial charge in [0.2, 0.25) is 0 Å².